The Morgan fingerprint density at radius 2 is 0.895 bits per heavy atom. The van der Waals surface area contributed by atoms with Gasteiger partial charge in [0.1, 0.15) is 0 Å². The number of allylic oxidation sites excluding steroid dienone is 2. The molecule has 12 rings (SSSR count). The molecule has 0 N–H and O–H groups in total. The van der Waals surface area contributed by atoms with Gasteiger partial charge in [0.2, 0.25) is 0 Å². The van der Waals surface area contributed by atoms with Crippen LogP contribution in [0.25, 0.3) is 99.2 Å². The second kappa shape index (κ2) is 12.7. The molecule has 3 heterocycles. The third kappa shape index (κ3) is 4.92. The molecule has 0 unspecified atom stereocenters. The molecule has 0 atom stereocenters. The van der Waals surface area contributed by atoms with Gasteiger partial charge in [0.05, 0.1) is 38.8 Å². The average Bonchev–Trinajstić information content (AvgIpc) is 3.92. The van der Waals surface area contributed by atoms with Crippen molar-refractivity contribution in [2.75, 3.05) is 0 Å². The summed E-state index contributed by atoms with van der Waals surface area (Å²) in [4.78, 5) is 0. The molecular formula is C54H39N3. The topological polar surface area (TPSA) is 14.8 Å². The van der Waals surface area contributed by atoms with E-state index < -0.39 is 0 Å². The molecule has 3 nitrogen and oxygen atoms in total. The highest BCUT2D eigenvalue weighted by Gasteiger charge is 2.21. The molecule has 0 radical (unpaired) electrons. The standard InChI is InChI=1S/C54H39N3/c1-3-16-36(17-4-1)38-32-39(37-18-5-2-6-19-37)34-41(33-38)56-47-24-11-7-22-44(47)45-31-30-40(35-53(45)56)55-50-27-14-10-23-46(50)54-51(55)28-15-29-52(54)57-48-25-12-8-20-42(48)43-21-9-13-26-49(43)57/h1,3-4,7-18,20-35H,2,5-6,19H2. The first-order valence-corrected chi connectivity index (χ1v) is 20.2. The highest BCUT2D eigenvalue weighted by molar-refractivity contribution is 6.17. The lowest BCUT2D eigenvalue weighted by atomic mass is 9.91. The van der Waals surface area contributed by atoms with Gasteiger partial charge in [-0.1, -0.05) is 121 Å². The lowest BCUT2D eigenvalue weighted by molar-refractivity contribution is 0.742. The van der Waals surface area contributed by atoms with Crippen LogP contribution in [0.1, 0.15) is 31.2 Å². The molecule has 3 heteroatoms. The fourth-order valence-electron chi connectivity index (χ4n) is 9.85. The molecule has 1 aliphatic carbocycles. The van der Waals surface area contributed by atoms with Crippen molar-refractivity contribution in [3.05, 3.63) is 194 Å². The summed E-state index contributed by atoms with van der Waals surface area (Å²) < 4.78 is 7.44. The van der Waals surface area contributed by atoms with Gasteiger partial charge in [0.15, 0.2) is 0 Å². The molecule has 0 saturated heterocycles. The smallest absolute Gasteiger partial charge is 0.0562 e. The SMILES string of the molecule is C1=C(c2cc(-c3ccccc3)cc(-n3c4ccccc4c4ccc(-n5c6ccccc6c6c(-n7c8ccccc8c8ccccc87)cccc65)cc43)c2)CCCC1. The summed E-state index contributed by atoms with van der Waals surface area (Å²) in [6, 6.07) is 67.4. The second-order valence-electron chi connectivity index (χ2n) is 15.6. The zero-order chi connectivity index (χ0) is 37.5. The Hall–Kier alpha value is -7.10. The Morgan fingerprint density at radius 3 is 1.58 bits per heavy atom. The van der Waals surface area contributed by atoms with Gasteiger partial charge in [0.25, 0.3) is 0 Å². The number of para-hydroxylation sites is 4. The molecule has 0 bridgehead atoms. The number of hydrogen-bond donors (Lipinski definition) is 0. The maximum Gasteiger partial charge on any atom is 0.0562 e. The molecule has 0 spiro atoms. The maximum absolute atomic E-state index is 2.50. The van der Waals surface area contributed by atoms with E-state index in [9.17, 15) is 0 Å². The Kier molecular flexibility index (Phi) is 7.18. The van der Waals surface area contributed by atoms with Crippen LogP contribution in [-0.4, -0.2) is 13.7 Å². The number of rotatable bonds is 5. The van der Waals surface area contributed by atoms with Gasteiger partial charge in [-0.15, -0.1) is 0 Å². The van der Waals surface area contributed by atoms with Crippen LogP contribution in [0.4, 0.5) is 0 Å². The lowest BCUT2D eigenvalue weighted by Crippen LogP contribution is -2.00. The zero-order valence-electron chi connectivity index (χ0n) is 31.6. The van der Waals surface area contributed by atoms with E-state index in [1.807, 2.05) is 0 Å². The quantitative estimate of drug-likeness (QED) is 0.168. The van der Waals surface area contributed by atoms with Crippen LogP contribution in [0.5, 0.6) is 0 Å². The minimum absolute atomic E-state index is 1.12. The van der Waals surface area contributed by atoms with Crippen LogP contribution >= 0.6 is 0 Å². The van der Waals surface area contributed by atoms with Gasteiger partial charge >= 0.3 is 0 Å². The fourth-order valence-corrected chi connectivity index (χ4v) is 9.85. The van der Waals surface area contributed by atoms with Gasteiger partial charge in [0, 0.05) is 43.7 Å². The Labute approximate surface area is 331 Å². The van der Waals surface area contributed by atoms with E-state index in [1.165, 1.54) is 112 Å². The van der Waals surface area contributed by atoms with Crippen molar-refractivity contribution in [1.29, 1.82) is 0 Å². The second-order valence-corrected chi connectivity index (χ2v) is 15.6. The third-order valence-electron chi connectivity index (χ3n) is 12.4. The van der Waals surface area contributed by atoms with E-state index in [4.69, 9.17) is 0 Å². The number of aromatic nitrogens is 3. The van der Waals surface area contributed by atoms with E-state index >= 15 is 0 Å². The van der Waals surface area contributed by atoms with Gasteiger partial charge in [-0.3, -0.25) is 0 Å². The molecule has 8 aromatic carbocycles. The van der Waals surface area contributed by atoms with E-state index in [-0.39, 0.29) is 0 Å². The fraction of sp³-hybridized carbons (Fsp3) is 0.0741. The highest BCUT2D eigenvalue weighted by Crippen LogP contribution is 2.42. The van der Waals surface area contributed by atoms with Crippen molar-refractivity contribution >= 4 is 71.0 Å². The minimum Gasteiger partial charge on any atom is -0.309 e. The van der Waals surface area contributed by atoms with Crippen molar-refractivity contribution in [1.82, 2.24) is 13.7 Å². The van der Waals surface area contributed by atoms with Crippen LogP contribution in [0.2, 0.25) is 0 Å². The van der Waals surface area contributed by atoms with Crippen LogP contribution in [0.3, 0.4) is 0 Å². The maximum atomic E-state index is 2.50. The third-order valence-corrected chi connectivity index (χ3v) is 12.4. The molecule has 270 valence electrons. The van der Waals surface area contributed by atoms with Crippen molar-refractivity contribution in [2.24, 2.45) is 0 Å². The van der Waals surface area contributed by atoms with E-state index in [1.54, 1.807) is 0 Å². The van der Waals surface area contributed by atoms with Crippen LogP contribution in [-0.2, 0) is 0 Å². The molecule has 3 aromatic heterocycles. The monoisotopic (exact) mass is 729 g/mol. The molecule has 0 fully saturated rings. The summed E-state index contributed by atoms with van der Waals surface area (Å²) in [5.41, 5.74) is 16.0. The zero-order valence-corrected chi connectivity index (χ0v) is 31.6. The molecule has 1 aliphatic rings. The number of hydrogen-bond acceptors (Lipinski definition) is 0. The van der Waals surface area contributed by atoms with E-state index in [2.05, 4.69) is 202 Å². The first-order chi connectivity index (χ1) is 28.3. The molecule has 0 saturated carbocycles. The van der Waals surface area contributed by atoms with Gasteiger partial charge in [-0.25, -0.2) is 0 Å². The molecule has 11 aromatic rings. The number of nitrogens with zero attached hydrogens (tertiary/aromatic N) is 3. The normalized spacial score (nSPS) is 13.4. The van der Waals surface area contributed by atoms with Crippen LogP contribution < -0.4 is 0 Å². The summed E-state index contributed by atoms with van der Waals surface area (Å²) in [7, 11) is 0. The summed E-state index contributed by atoms with van der Waals surface area (Å²) >= 11 is 0. The summed E-state index contributed by atoms with van der Waals surface area (Å²) in [6.45, 7) is 0. The first-order valence-electron chi connectivity index (χ1n) is 20.2. The van der Waals surface area contributed by atoms with Crippen molar-refractivity contribution < 1.29 is 0 Å². The van der Waals surface area contributed by atoms with Gasteiger partial charge in [-0.05, 0) is 115 Å². The molecule has 0 amide bonds. The van der Waals surface area contributed by atoms with Gasteiger partial charge in [-0.2, -0.15) is 0 Å². The Morgan fingerprint density at radius 1 is 0.333 bits per heavy atom. The summed E-state index contributed by atoms with van der Waals surface area (Å²) in [6.07, 6.45) is 7.26. The molecule has 57 heavy (non-hydrogen) atoms. The highest BCUT2D eigenvalue weighted by atomic mass is 15.0. The van der Waals surface area contributed by atoms with Crippen molar-refractivity contribution in [2.45, 2.75) is 25.7 Å². The predicted molar refractivity (Wildman–Crippen MR) is 241 cm³/mol. The largest absolute Gasteiger partial charge is 0.309 e. The number of fused-ring (bicyclic) bond motifs is 9. The van der Waals surface area contributed by atoms with E-state index in [0.29, 0.717) is 0 Å². The van der Waals surface area contributed by atoms with Crippen molar-refractivity contribution in [3.8, 4) is 28.2 Å². The Bertz CT molecular complexity index is 3350. The van der Waals surface area contributed by atoms with E-state index in [0.717, 1.165) is 18.5 Å². The minimum atomic E-state index is 1.12. The lowest BCUT2D eigenvalue weighted by Gasteiger charge is -2.18. The molecule has 0 aliphatic heterocycles. The first kappa shape index (κ1) is 32.2. The van der Waals surface area contributed by atoms with Crippen LogP contribution in [0, 0.1) is 0 Å². The number of benzene rings is 8. The summed E-state index contributed by atoms with van der Waals surface area (Å²) in [5.74, 6) is 0. The summed E-state index contributed by atoms with van der Waals surface area (Å²) in [5, 5.41) is 7.55. The predicted octanol–water partition coefficient (Wildman–Crippen LogP) is 14.6. The Balaban J connectivity index is 1.13. The molecular weight excluding hydrogens is 691 g/mol. The van der Waals surface area contributed by atoms with Crippen molar-refractivity contribution in [3.63, 3.8) is 0 Å². The average molecular weight is 730 g/mol. The van der Waals surface area contributed by atoms with Crippen LogP contribution in [0.15, 0.2) is 188 Å². The van der Waals surface area contributed by atoms with Gasteiger partial charge < -0.3 is 13.7 Å².